The minimum Gasteiger partial charge on any atom is -0.392 e. The summed E-state index contributed by atoms with van der Waals surface area (Å²) in [7, 11) is 0. The molecule has 0 bridgehead atoms. The van der Waals surface area contributed by atoms with Crippen LogP contribution in [0.4, 0.5) is 8.78 Å². The first-order valence-corrected chi connectivity index (χ1v) is 5.28. The molecule has 2 rings (SSSR count). The maximum Gasteiger partial charge on any atom is 0.133 e. The average Bonchev–Trinajstić information content (AvgIpc) is 2.30. The number of aliphatic hydroxyl groups excluding tert-OH is 1. The van der Waals surface area contributed by atoms with Crippen LogP contribution in [0.15, 0.2) is 36.4 Å². The maximum absolute atomic E-state index is 13.6. The summed E-state index contributed by atoms with van der Waals surface area (Å²) < 4.78 is 26.5. The van der Waals surface area contributed by atoms with Crippen molar-refractivity contribution < 1.29 is 13.9 Å². The molecule has 1 N–H and O–H groups in total. The Kier molecular flexibility index (Phi) is 3.20. The minimum atomic E-state index is -0.595. The molecule has 0 aliphatic rings. The molecule has 1 nitrogen and oxygen atoms in total. The van der Waals surface area contributed by atoms with Gasteiger partial charge in [-0.3, -0.25) is 0 Å². The Hall–Kier alpha value is -1.74. The SMILES string of the molecule is Cc1c(CO)cccc1-c1ccc(F)cc1F. The van der Waals surface area contributed by atoms with Crippen molar-refractivity contribution in [2.24, 2.45) is 0 Å². The molecule has 17 heavy (non-hydrogen) atoms. The number of hydrogen-bond acceptors (Lipinski definition) is 1. The molecular weight excluding hydrogens is 222 g/mol. The molecule has 2 aromatic carbocycles. The normalized spacial score (nSPS) is 10.6. The highest BCUT2D eigenvalue weighted by atomic mass is 19.1. The highest BCUT2D eigenvalue weighted by Gasteiger charge is 2.10. The van der Waals surface area contributed by atoms with Crippen molar-refractivity contribution in [1.29, 1.82) is 0 Å². The summed E-state index contributed by atoms with van der Waals surface area (Å²) in [6.45, 7) is 1.71. The van der Waals surface area contributed by atoms with Gasteiger partial charge < -0.3 is 5.11 Å². The molecule has 0 atom stereocenters. The van der Waals surface area contributed by atoms with Crippen LogP contribution in [-0.2, 0) is 6.61 Å². The van der Waals surface area contributed by atoms with E-state index in [1.54, 1.807) is 18.2 Å². The zero-order valence-electron chi connectivity index (χ0n) is 9.37. The molecule has 0 unspecified atom stereocenters. The van der Waals surface area contributed by atoms with Crippen LogP contribution in [0, 0.1) is 18.6 Å². The van der Waals surface area contributed by atoms with Crippen LogP contribution < -0.4 is 0 Å². The first-order valence-electron chi connectivity index (χ1n) is 5.28. The number of halogens is 2. The molecule has 0 saturated heterocycles. The van der Waals surface area contributed by atoms with Crippen LogP contribution in [0.2, 0.25) is 0 Å². The van der Waals surface area contributed by atoms with Crippen LogP contribution in [-0.4, -0.2) is 5.11 Å². The molecule has 0 heterocycles. The molecule has 0 spiro atoms. The van der Waals surface area contributed by atoms with Gasteiger partial charge in [-0.25, -0.2) is 8.78 Å². The largest absolute Gasteiger partial charge is 0.392 e. The predicted molar refractivity (Wildman–Crippen MR) is 62.5 cm³/mol. The minimum absolute atomic E-state index is 0.0948. The first kappa shape index (κ1) is 11.7. The summed E-state index contributed by atoms with van der Waals surface area (Å²) in [5.41, 5.74) is 2.57. The van der Waals surface area contributed by atoms with Gasteiger partial charge in [0.1, 0.15) is 11.6 Å². The Morgan fingerprint density at radius 3 is 2.47 bits per heavy atom. The van der Waals surface area contributed by atoms with Gasteiger partial charge in [0.05, 0.1) is 6.61 Å². The molecule has 2 aromatic rings. The van der Waals surface area contributed by atoms with Gasteiger partial charge in [-0.1, -0.05) is 18.2 Å². The van der Waals surface area contributed by atoms with Crippen LogP contribution in [0.1, 0.15) is 11.1 Å². The van der Waals surface area contributed by atoms with Crippen LogP contribution in [0.5, 0.6) is 0 Å². The summed E-state index contributed by atoms with van der Waals surface area (Å²) >= 11 is 0. The van der Waals surface area contributed by atoms with E-state index in [0.717, 1.165) is 17.2 Å². The number of benzene rings is 2. The molecular formula is C14H12F2O. The van der Waals surface area contributed by atoms with E-state index in [4.69, 9.17) is 5.11 Å². The predicted octanol–water partition coefficient (Wildman–Crippen LogP) is 3.43. The van der Waals surface area contributed by atoms with Gasteiger partial charge >= 0.3 is 0 Å². The fourth-order valence-electron chi connectivity index (χ4n) is 1.85. The van der Waals surface area contributed by atoms with Gasteiger partial charge in [-0.05, 0) is 35.7 Å². The van der Waals surface area contributed by atoms with Gasteiger partial charge in [0, 0.05) is 11.6 Å². The molecule has 3 heteroatoms. The zero-order valence-corrected chi connectivity index (χ0v) is 9.37. The van der Waals surface area contributed by atoms with E-state index in [2.05, 4.69) is 0 Å². The fraction of sp³-hybridized carbons (Fsp3) is 0.143. The first-order chi connectivity index (χ1) is 8.13. The summed E-state index contributed by atoms with van der Waals surface area (Å²) in [5, 5.41) is 9.15. The van der Waals surface area contributed by atoms with Crippen molar-refractivity contribution in [2.75, 3.05) is 0 Å². The van der Waals surface area contributed by atoms with E-state index in [1.807, 2.05) is 6.92 Å². The summed E-state index contributed by atoms with van der Waals surface area (Å²) in [4.78, 5) is 0. The van der Waals surface area contributed by atoms with E-state index in [1.165, 1.54) is 12.1 Å². The molecule has 0 aliphatic heterocycles. The van der Waals surface area contributed by atoms with Gasteiger partial charge in [-0.2, -0.15) is 0 Å². The topological polar surface area (TPSA) is 20.2 Å². The van der Waals surface area contributed by atoms with Gasteiger partial charge in [0.2, 0.25) is 0 Å². The van der Waals surface area contributed by atoms with E-state index < -0.39 is 11.6 Å². The lowest BCUT2D eigenvalue weighted by molar-refractivity contribution is 0.281. The van der Waals surface area contributed by atoms with Crippen molar-refractivity contribution in [3.8, 4) is 11.1 Å². The second-order valence-electron chi connectivity index (χ2n) is 3.87. The Morgan fingerprint density at radius 2 is 1.82 bits per heavy atom. The van der Waals surface area contributed by atoms with Crippen molar-refractivity contribution in [3.63, 3.8) is 0 Å². The Bertz CT molecular complexity index is 550. The molecule has 0 aliphatic carbocycles. The third kappa shape index (κ3) is 2.19. The number of aliphatic hydroxyl groups is 1. The Balaban J connectivity index is 2.60. The van der Waals surface area contributed by atoms with Crippen molar-refractivity contribution in [3.05, 3.63) is 59.2 Å². The quantitative estimate of drug-likeness (QED) is 0.844. The fourth-order valence-corrected chi connectivity index (χ4v) is 1.85. The third-order valence-corrected chi connectivity index (χ3v) is 2.84. The summed E-state index contributed by atoms with van der Waals surface area (Å²) in [6, 6.07) is 8.78. The van der Waals surface area contributed by atoms with Crippen molar-refractivity contribution in [2.45, 2.75) is 13.5 Å². The number of rotatable bonds is 2. The molecule has 0 saturated carbocycles. The second-order valence-corrected chi connectivity index (χ2v) is 3.87. The smallest absolute Gasteiger partial charge is 0.133 e. The molecule has 0 amide bonds. The van der Waals surface area contributed by atoms with E-state index in [0.29, 0.717) is 11.1 Å². The third-order valence-electron chi connectivity index (χ3n) is 2.84. The lowest BCUT2D eigenvalue weighted by Gasteiger charge is -2.10. The van der Waals surface area contributed by atoms with Crippen LogP contribution in [0.3, 0.4) is 0 Å². The molecule has 0 aromatic heterocycles. The zero-order chi connectivity index (χ0) is 12.4. The summed E-state index contributed by atoms with van der Waals surface area (Å²) in [5.74, 6) is -1.19. The summed E-state index contributed by atoms with van der Waals surface area (Å²) in [6.07, 6.45) is 0. The van der Waals surface area contributed by atoms with Crippen LogP contribution in [0.25, 0.3) is 11.1 Å². The van der Waals surface area contributed by atoms with E-state index >= 15 is 0 Å². The van der Waals surface area contributed by atoms with E-state index in [-0.39, 0.29) is 6.61 Å². The van der Waals surface area contributed by atoms with Gasteiger partial charge in [0.25, 0.3) is 0 Å². The average molecular weight is 234 g/mol. The number of hydrogen-bond donors (Lipinski definition) is 1. The molecule has 88 valence electrons. The highest BCUT2D eigenvalue weighted by molar-refractivity contribution is 5.69. The monoisotopic (exact) mass is 234 g/mol. The van der Waals surface area contributed by atoms with E-state index in [9.17, 15) is 8.78 Å². The Morgan fingerprint density at radius 1 is 1.06 bits per heavy atom. The van der Waals surface area contributed by atoms with Gasteiger partial charge in [-0.15, -0.1) is 0 Å². The maximum atomic E-state index is 13.6. The molecule has 0 fully saturated rings. The van der Waals surface area contributed by atoms with Gasteiger partial charge in [0.15, 0.2) is 0 Å². The lowest BCUT2D eigenvalue weighted by atomic mass is 9.96. The van der Waals surface area contributed by atoms with Crippen LogP contribution >= 0.6 is 0 Å². The van der Waals surface area contributed by atoms with Crippen molar-refractivity contribution >= 4 is 0 Å². The Labute approximate surface area is 98.3 Å². The molecule has 0 radical (unpaired) electrons. The lowest BCUT2D eigenvalue weighted by Crippen LogP contribution is -1.94. The highest BCUT2D eigenvalue weighted by Crippen LogP contribution is 2.28. The van der Waals surface area contributed by atoms with Crippen molar-refractivity contribution in [1.82, 2.24) is 0 Å². The second kappa shape index (κ2) is 4.63. The standard InChI is InChI=1S/C14H12F2O/c1-9-10(8-17)3-2-4-12(9)13-6-5-11(15)7-14(13)16/h2-7,17H,8H2,1H3.